The van der Waals surface area contributed by atoms with Gasteiger partial charge in [-0.2, -0.15) is 23.2 Å². The fourth-order valence-electron chi connectivity index (χ4n) is 3.62. The maximum absolute atomic E-state index is 13.1. The third-order valence-corrected chi connectivity index (χ3v) is 5.27. The highest BCUT2D eigenvalue weighted by Gasteiger charge is 2.43. The summed E-state index contributed by atoms with van der Waals surface area (Å²) in [6.07, 6.45) is -0.440. The van der Waals surface area contributed by atoms with Gasteiger partial charge in [0.15, 0.2) is 5.82 Å². The van der Waals surface area contributed by atoms with E-state index in [9.17, 15) is 27.6 Å². The van der Waals surface area contributed by atoms with E-state index in [1.54, 1.807) is 35.3 Å². The number of nitriles is 1. The average Bonchev–Trinajstić information content (AvgIpc) is 3.22. The van der Waals surface area contributed by atoms with E-state index in [0.29, 0.717) is 43.0 Å². The van der Waals surface area contributed by atoms with Crippen LogP contribution in [-0.4, -0.2) is 48.0 Å². The van der Waals surface area contributed by atoms with Gasteiger partial charge in [-0.15, -0.1) is 0 Å². The number of nitrogens with one attached hydrogen (secondary N) is 1. The molecule has 3 heterocycles. The summed E-state index contributed by atoms with van der Waals surface area (Å²) in [7, 11) is 0. The molecule has 0 atom stereocenters. The quantitative estimate of drug-likeness (QED) is 0.556. The minimum atomic E-state index is -5.23. The molecule has 180 valence electrons. The van der Waals surface area contributed by atoms with Gasteiger partial charge in [0.25, 0.3) is 0 Å². The number of benzene rings is 1. The third kappa shape index (κ3) is 5.50. The highest BCUT2D eigenvalue weighted by atomic mass is 19.4. The molecule has 1 saturated heterocycles. The highest BCUT2D eigenvalue weighted by Crippen LogP contribution is 2.32. The fraction of sp³-hybridized carbons (Fsp3) is 0.208. The molecule has 0 aliphatic carbocycles. The number of pyridine rings is 1. The molecular formula is C24H19F4N5O2. The molecule has 1 aliphatic heterocycles. The summed E-state index contributed by atoms with van der Waals surface area (Å²) in [5.74, 6) is -2.70. The van der Waals surface area contributed by atoms with Crippen molar-refractivity contribution in [1.82, 2.24) is 15.0 Å². The molecular weight excluding hydrogens is 466 g/mol. The lowest BCUT2D eigenvalue weighted by Gasteiger charge is -2.30. The number of nitrogens with zero attached hydrogens (tertiary/aromatic N) is 4. The zero-order valence-electron chi connectivity index (χ0n) is 18.2. The van der Waals surface area contributed by atoms with Gasteiger partial charge in [-0.3, -0.25) is 4.98 Å². The first-order chi connectivity index (χ1) is 16.8. The van der Waals surface area contributed by atoms with Gasteiger partial charge < -0.3 is 15.1 Å². The van der Waals surface area contributed by atoms with Crippen molar-refractivity contribution < 1.29 is 27.2 Å². The Kier molecular flexibility index (Phi) is 6.84. The van der Waals surface area contributed by atoms with E-state index in [-0.39, 0.29) is 22.9 Å². The second kappa shape index (κ2) is 9.99. The van der Waals surface area contributed by atoms with Gasteiger partial charge in [-0.1, -0.05) is 18.2 Å². The first-order valence-corrected chi connectivity index (χ1v) is 10.6. The number of halogens is 4. The van der Waals surface area contributed by atoms with Crippen molar-refractivity contribution in [2.45, 2.75) is 6.18 Å². The van der Waals surface area contributed by atoms with Crippen molar-refractivity contribution in [2.75, 3.05) is 31.1 Å². The highest BCUT2D eigenvalue weighted by molar-refractivity contribution is 5.79. The Hall–Kier alpha value is -4.17. The maximum atomic E-state index is 13.1. The van der Waals surface area contributed by atoms with Crippen LogP contribution in [0, 0.1) is 17.1 Å². The number of anilines is 1. The first kappa shape index (κ1) is 24.0. The van der Waals surface area contributed by atoms with E-state index >= 15 is 0 Å². The predicted octanol–water partition coefficient (Wildman–Crippen LogP) is 3.66. The Morgan fingerprint density at radius 1 is 1.11 bits per heavy atom. The molecule has 0 bridgehead atoms. The molecule has 1 fully saturated rings. The standard InChI is InChI=1S/C24H19F4N5O2/c25-19-4-1-16(2-5-19)3-6-20-13-17(7-8-31-20)21-14-18(15-29)22(32-11-9-30-10-12-32)33(21)35-23(34)24(26,27)28/h1-8,13-14,30H,9-12H2. The lowest BCUT2D eigenvalue weighted by molar-refractivity contribution is -0.199. The van der Waals surface area contributed by atoms with E-state index in [2.05, 4.69) is 10.3 Å². The molecule has 1 aromatic carbocycles. The molecule has 3 aromatic rings. The smallest absolute Gasteiger partial charge is 0.352 e. The van der Waals surface area contributed by atoms with Crippen LogP contribution in [0.15, 0.2) is 48.7 Å². The zero-order chi connectivity index (χ0) is 25.0. The second-order valence-electron chi connectivity index (χ2n) is 7.64. The lowest BCUT2D eigenvalue weighted by atomic mass is 10.1. The number of carbonyl (C=O) groups excluding carboxylic acids is 1. The van der Waals surface area contributed by atoms with Gasteiger partial charge in [0, 0.05) is 37.9 Å². The molecule has 1 aliphatic rings. The Balaban J connectivity index is 1.76. The zero-order valence-corrected chi connectivity index (χ0v) is 18.2. The molecule has 7 nitrogen and oxygen atoms in total. The lowest BCUT2D eigenvalue weighted by Crippen LogP contribution is -2.45. The number of hydrogen-bond acceptors (Lipinski definition) is 6. The van der Waals surface area contributed by atoms with Gasteiger partial charge in [0.1, 0.15) is 11.9 Å². The van der Waals surface area contributed by atoms with Crippen LogP contribution in [0.1, 0.15) is 16.8 Å². The number of piperazine rings is 1. The topological polar surface area (TPSA) is 83.2 Å². The van der Waals surface area contributed by atoms with Crippen molar-refractivity contribution >= 4 is 23.9 Å². The van der Waals surface area contributed by atoms with Crippen LogP contribution in [-0.2, 0) is 4.79 Å². The van der Waals surface area contributed by atoms with E-state index in [1.165, 1.54) is 30.5 Å². The number of alkyl halides is 3. The number of carbonyl (C=O) groups is 1. The van der Waals surface area contributed by atoms with Gasteiger partial charge in [-0.25, -0.2) is 9.18 Å². The molecule has 0 unspecified atom stereocenters. The summed E-state index contributed by atoms with van der Waals surface area (Å²) in [6, 6.07) is 12.3. The Bertz CT molecular complexity index is 1290. The van der Waals surface area contributed by atoms with Crippen LogP contribution in [0.5, 0.6) is 0 Å². The third-order valence-electron chi connectivity index (χ3n) is 5.27. The second-order valence-corrected chi connectivity index (χ2v) is 7.64. The maximum Gasteiger partial charge on any atom is 0.493 e. The van der Waals surface area contributed by atoms with E-state index < -0.39 is 12.1 Å². The number of aromatic nitrogens is 2. The minimum absolute atomic E-state index is 0.0668. The van der Waals surface area contributed by atoms with E-state index in [4.69, 9.17) is 4.84 Å². The largest absolute Gasteiger partial charge is 0.493 e. The van der Waals surface area contributed by atoms with Gasteiger partial charge in [0.05, 0.1) is 17.0 Å². The van der Waals surface area contributed by atoms with Gasteiger partial charge in [0.2, 0.25) is 0 Å². The minimum Gasteiger partial charge on any atom is -0.352 e. The normalized spacial score (nSPS) is 14.2. The van der Waals surface area contributed by atoms with E-state index in [1.807, 2.05) is 6.07 Å². The molecule has 2 aromatic heterocycles. The van der Waals surface area contributed by atoms with Crippen molar-refractivity contribution in [3.8, 4) is 17.3 Å². The van der Waals surface area contributed by atoms with Crippen molar-refractivity contribution in [1.29, 1.82) is 5.26 Å². The molecule has 11 heteroatoms. The van der Waals surface area contributed by atoms with Crippen LogP contribution >= 0.6 is 0 Å². The fourth-order valence-corrected chi connectivity index (χ4v) is 3.62. The predicted molar refractivity (Wildman–Crippen MR) is 120 cm³/mol. The van der Waals surface area contributed by atoms with Gasteiger partial charge in [-0.05, 0) is 42.0 Å². The van der Waals surface area contributed by atoms with E-state index in [0.717, 1.165) is 4.73 Å². The summed E-state index contributed by atoms with van der Waals surface area (Å²) < 4.78 is 53.1. The molecule has 4 rings (SSSR count). The molecule has 0 spiro atoms. The molecule has 1 N–H and O–H groups in total. The van der Waals surface area contributed by atoms with Crippen LogP contribution < -0.4 is 15.1 Å². The summed E-state index contributed by atoms with van der Waals surface area (Å²) in [5.41, 5.74) is 1.70. The monoisotopic (exact) mass is 485 g/mol. The Labute approximate surface area is 197 Å². The van der Waals surface area contributed by atoms with Crippen LogP contribution in [0.2, 0.25) is 0 Å². The summed E-state index contributed by atoms with van der Waals surface area (Å²) in [6.45, 7) is 1.91. The molecule has 0 saturated carbocycles. The van der Waals surface area contributed by atoms with Crippen molar-refractivity contribution in [3.05, 3.63) is 71.3 Å². The molecule has 35 heavy (non-hydrogen) atoms. The average molecular weight is 485 g/mol. The van der Waals surface area contributed by atoms with Crippen molar-refractivity contribution in [2.24, 2.45) is 0 Å². The van der Waals surface area contributed by atoms with Gasteiger partial charge >= 0.3 is 12.1 Å². The molecule has 0 amide bonds. The number of hydrogen-bond donors (Lipinski definition) is 1. The summed E-state index contributed by atoms with van der Waals surface area (Å²) in [5, 5.41) is 12.8. The van der Waals surface area contributed by atoms with Crippen molar-refractivity contribution in [3.63, 3.8) is 0 Å². The number of rotatable bonds is 5. The Morgan fingerprint density at radius 2 is 1.83 bits per heavy atom. The molecule has 0 radical (unpaired) electrons. The first-order valence-electron chi connectivity index (χ1n) is 10.6. The summed E-state index contributed by atoms with van der Waals surface area (Å²) >= 11 is 0. The van der Waals surface area contributed by atoms with Crippen LogP contribution in [0.3, 0.4) is 0 Å². The van der Waals surface area contributed by atoms with Crippen LogP contribution in [0.4, 0.5) is 23.4 Å². The Morgan fingerprint density at radius 3 is 2.49 bits per heavy atom. The summed E-state index contributed by atoms with van der Waals surface area (Å²) in [4.78, 5) is 22.5. The van der Waals surface area contributed by atoms with Crippen LogP contribution in [0.25, 0.3) is 23.4 Å². The SMILES string of the molecule is N#Cc1cc(-c2ccnc(C=Cc3ccc(F)cc3)c2)n(OC(=O)C(F)(F)F)c1N1CCNCC1.